The molecule has 2 aliphatic rings. The van der Waals surface area contributed by atoms with Crippen LogP contribution >= 0.6 is 11.6 Å². The van der Waals surface area contributed by atoms with Crippen molar-refractivity contribution in [1.29, 1.82) is 0 Å². The normalized spacial score (nSPS) is 22.0. The lowest BCUT2D eigenvalue weighted by Gasteiger charge is -2.37. The number of aryl methyl sites for hydroxylation is 2. The molecule has 1 atom stereocenters. The number of rotatable bonds is 5. The van der Waals surface area contributed by atoms with E-state index in [0.717, 1.165) is 83.7 Å². The third-order valence-electron chi connectivity index (χ3n) is 8.23. The molecule has 0 unspecified atom stereocenters. The van der Waals surface area contributed by atoms with Gasteiger partial charge in [0.25, 0.3) is 0 Å². The number of aliphatic hydroxyl groups excluding tert-OH is 1. The molecule has 1 aliphatic heterocycles. The van der Waals surface area contributed by atoms with Crippen molar-refractivity contribution in [2.45, 2.75) is 77.0 Å². The van der Waals surface area contributed by atoms with Crippen molar-refractivity contribution >= 4 is 34.2 Å². The second-order valence-corrected chi connectivity index (χ2v) is 11.1. The van der Waals surface area contributed by atoms with E-state index in [-0.39, 0.29) is 24.1 Å². The van der Waals surface area contributed by atoms with Gasteiger partial charge in [0.2, 0.25) is 5.91 Å². The Morgan fingerprint density at radius 2 is 1.87 bits per heavy atom. The monoisotopic (exact) mass is 548 g/mol. The highest BCUT2D eigenvalue weighted by Gasteiger charge is 2.36. The summed E-state index contributed by atoms with van der Waals surface area (Å²) in [6.45, 7) is 3.86. The zero-order chi connectivity index (χ0) is 27.3. The third kappa shape index (κ3) is 4.59. The van der Waals surface area contributed by atoms with Gasteiger partial charge < -0.3 is 23.8 Å². The Bertz CT molecular complexity index is 1520. The van der Waals surface area contributed by atoms with Crippen LogP contribution in [-0.4, -0.2) is 38.9 Å². The summed E-state index contributed by atoms with van der Waals surface area (Å²) in [5, 5.41) is 14.8. The van der Waals surface area contributed by atoms with Crippen molar-refractivity contribution in [2.24, 2.45) is 0 Å². The van der Waals surface area contributed by atoms with Crippen molar-refractivity contribution in [3.63, 3.8) is 0 Å². The highest BCUT2D eigenvalue weighted by molar-refractivity contribution is 6.32. The van der Waals surface area contributed by atoms with E-state index in [1.54, 1.807) is 19.2 Å². The number of anilines is 1. The number of amides is 1. The first-order valence-corrected chi connectivity index (χ1v) is 14.0. The molecule has 8 nitrogen and oxygen atoms in total. The van der Waals surface area contributed by atoms with Crippen LogP contribution in [-0.2, 0) is 4.79 Å². The first kappa shape index (κ1) is 25.9. The average Bonchev–Trinajstić information content (AvgIpc) is 3.47. The number of hydrogen-bond acceptors (Lipinski definition) is 6. The van der Waals surface area contributed by atoms with Gasteiger partial charge in [-0.15, -0.1) is 0 Å². The van der Waals surface area contributed by atoms with Crippen molar-refractivity contribution in [3.05, 3.63) is 58.7 Å². The number of piperidine rings is 1. The summed E-state index contributed by atoms with van der Waals surface area (Å²) in [5.74, 6) is 2.28. The minimum atomic E-state index is -0.264. The molecule has 2 aromatic heterocycles. The van der Waals surface area contributed by atoms with E-state index in [1.165, 1.54) is 0 Å². The minimum Gasteiger partial charge on any atom is -0.495 e. The van der Waals surface area contributed by atoms with E-state index < -0.39 is 0 Å². The lowest BCUT2D eigenvalue weighted by molar-refractivity contribution is -0.120. The fourth-order valence-electron chi connectivity index (χ4n) is 6.35. The van der Waals surface area contributed by atoms with E-state index in [0.29, 0.717) is 17.2 Å². The van der Waals surface area contributed by atoms with Gasteiger partial charge in [0.15, 0.2) is 0 Å². The molecule has 39 heavy (non-hydrogen) atoms. The van der Waals surface area contributed by atoms with Crippen molar-refractivity contribution < 1.29 is 19.2 Å². The SMILES string of the molecule is COc1ccc(N2C(=O)CCC[C@H]2c2nc3cc(-c4c(C)noc4C)ccc3n2C2CCC(O)CC2)cc1Cl. The Morgan fingerprint density at radius 1 is 1.08 bits per heavy atom. The molecule has 1 saturated heterocycles. The van der Waals surface area contributed by atoms with Gasteiger partial charge in [-0.05, 0) is 88.3 Å². The van der Waals surface area contributed by atoms with E-state index in [4.69, 9.17) is 25.8 Å². The molecule has 4 aromatic rings. The number of fused-ring (bicyclic) bond motifs is 1. The number of benzene rings is 2. The van der Waals surface area contributed by atoms with Gasteiger partial charge in [-0.3, -0.25) is 4.79 Å². The Hall–Kier alpha value is -3.36. The second-order valence-electron chi connectivity index (χ2n) is 10.7. The molecule has 3 heterocycles. The van der Waals surface area contributed by atoms with Gasteiger partial charge in [0.1, 0.15) is 17.3 Å². The van der Waals surface area contributed by atoms with Gasteiger partial charge in [-0.2, -0.15) is 0 Å². The van der Waals surface area contributed by atoms with Gasteiger partial charge in [-0.25, -0.2) is 4.98 Å². The number of methoxy groups -OCH3 is 1. The zero-order valence-electron chi connectivity index (χ0n) is 22.5. The molecular weight excluding hydrogens is 516 g/mol. The molecular formula is C30H33ClN4O4. The molecule has 6 rings (SSSR count). The molecule has 9 heteroatoms. The lowest BCUT2D eigenvalue weighted by atomic mass is 9.92. The topological polar surface area (TPSA) is 93.6 Å². The average molecular weight is 549 g/mol. The van der Waals surface area contributed by atoms with E-state index in [1.807, 2.05) is 24.8 Å². The summed E-state index contributed by atoms with van der Waals surface area (Å²) >= 11 is 6.49. The van der Waals surface area contributed by atoms with Crippen molar-refractivity contribution in [2.75, 3.05) is 12.0 Å². The number of aromatic nitrogens is 3. The Kier molecular flexibility index (Phi) is 6.85. The van der Waals surface area contributed by atoms with Crippen LogP contribution in [0.5, 0.6) is 5.75 Å². The number of carbonyl (C=O) groups is 1. The number of imidazole rings is 1. The molecule has 2 aromatic carbocycles. The summed E-state index contributed by atoms with van der Waals surface area (Å²) in [5.41, 5.74) is 5.48. The molecule has 1 aliphatic carbocycles. The molecule has 2 fully saturated rings. The minimum absolute atomic E-state index is 0.0570. The fourth-order valence-corrected chi connectivity index (χ4v) is 6.60. The van der Waals surface area contributed by atoms with Crippen LogP contribution < -0.4 is 9.64 Å². The second kappa shape index (κ2) is 10.3. The summed E-state index contributed by atoms with van der Waals surface area (Å²) in [7, 11) is 1.58. The summed E-state index contributed by atoms with van der Waals surface area (Å²) < 4.78 is 13.1. The zero-order valence-corrected chi connectivity index (χ0v) is 23.2. The maximum absolute atomic E-state index is 13.4. The molecule has 0 radical (unpaired) electrons. The molecule has 1 saturated carbocycles. The summed E-state index contributed by atoms with van der Waals surface area (Å²) in [6, 6.07) is 11.8. The quantitative estimate of drug-likeness (QED) is 0.298. The predicted molar refractivity (Wildman–Crippen MR) is 150 cm³/mol. The first-order chi connectivity index (χ1) is 18.9. The van der Waals surface area contributed by atoms with Crippen LogP contribution in [0.25, 0.3) is 22.2 Å². The van der Waals surface area contributed by atoms with Crippen LogP contribution in [0.2, 0.25) is 5.02 Å². The van der Waals surface area contributed by atoms with Gasteiger partial charge in [0, 0.05) is 23.7 Å². The van der Waals surface area contributed by atoms with E-state index >= 15 is 0 Å². The number of hydrogen-bond donors (Lipinski definition) is 1. The Morgan fingerprint density at radius 3 is 2.56 bits per heavy atom. The van der Waals surface area contributed by atoms with E-state index in [2.05, 4.69) is 27.9 Å². The largest absolute Gasteiger partial charge is 0.495 e. The maximum Gasteiger partial charge on any atom is 0.227 e. The van der Waals surface area contributed by atoms with Crippen molar-refractivity contribution in [3.8, 4) is 16.9 Å². The highest BCUT2D eigenvalue weighted by Crippen LogP contribution is 2.42. The van der Waals surface area contributed by atoms with Crippen LogP contribution in [0.4, 0.5) is 5.69 Å². The van der Waals surface area contributed by atoms with Crippen molar-refractivity contribution in [1.82, 2.24) is 14.7 Å². The standard InChI is InChI=1S/C30H33ClN4O4/c1-17-29(18(2)39-33-17)19-7-13-25-24(15-19)32-30(35(25)20-8-11-22(36)12-9-20)26-5-4-6-28(37)34(26)21-10-14-27(38-3)23(31)16-21/h7,10,13-16,20,22,26,36H,4-6,8-9,11-12H2,1-3H3/t20?,22?,26-/m0/s1. The number of ether oxygens (including phenoxy) is 1. The van der Waals surface area contributed by atoms with Gasteiger partial charge in [0.05, 0.1) is 41.0 Å². The first-order valence-electron chi connectivity index (χ1n) is 13.6. The van der Waals surface area contributed by atoms with Gasteiger partial charge >= 0.3 is 0 Å². The number of nitrogens with zero attached hydrogens (tertiary/aromatic N) is 4. The molecule has 0 bridgehead atoms. The Balaban J connectivity index is 1.50. The highest BCUT2D eigenvalue weighted by atomic mass is 35.5. The molecule has 0 spiro atoms. The Labute approximate surface area is 232 Å². The molecule has 204 valence electrons. The van der Waals surface area contributed by atoms with Crippen LogP contribution in [0.3, 0.4) is 0 Å². The third-order valence-corrected chi connectivity index (χ3v) is 8.53. The van der Waals surface area contributed by atoms with Gasteiger partial charge in [-0.1, -0.05) is 22.8 Å². The summed E-state index contributed by atoms with van der Waals surface area (Å²) in [4.78, 5) is 20.5. The molecule has 1 amide bonds. The van der Waals surface area contributed by atoms with Crippen LogP contribution in [0.15, 0.2) is 40.9 Å². The van der Waals surface area contributed by atoms with Crippen LogP contribution in [0.1, 0.15) is 74.3 Å². The number of halogens is 1. The lowest BCUT2D eigenvalue weighted by Crippen LogP contribution is -2.40. The molecule has 1 N–H and O–H groups in total. The smallest absolute Gasteiger partial charge is 0.227 e. The van der Waals surface area contributed by atoms with Crippen LogP contribution in [0, 0.1) is 13.8 Å². The summed E-state index contributed by atoms with van der Waals surface area (Å²) in [6.07, 6.45) is 5.03. The van der Waals surface area contributed by atoms with E-state index in [9.17, 15) is 9.90 Å². The predicted octanol–water partition coefficient (Wildman–Crippen LogP) is 6.70. The number of carbonyl (C=O) groups excluding carboxylic acids is 1. The maximum atomic E-state index is 13.4. The number of aliphatic hydroxyl groups is 1. The fraction of sp³-hybridized carbons (Fsp3) is 0.433.